The minimum atomic E-state index is -4.97. The fourth-order valence-corrected chi connectivity index (χ4v) is 16.5. The second-order valence-corrected chi connectivity index (χ2v) is 37.1. The van der Waals surface area contributed by atoms with Crippen LogP contribution in [0.15, 0.2) is 0 Å². The minimum absolute atomic E-state index is 0.109. The Hall–Kier alpha value is -1.94. The first kappa shape index (κ1) is 111. The van der Waals surface area contributed by atoms with E-state index in [9.17, 15) is 43.2 Å². The van der Waals surface area contributed by atoms with Crippen molar-refractivity contribution in [2.75, 3.05) is 39.6 Å². The third-order valence-corrected chi connectivity index (χ3v) is 24.2. The zero-order valence-corrected chi connectivity index (χ0v) is 76.3. The number of carbonyl (C=O) groups excluding carboxylic acids is 4. The van der Waals surface area contributed by atoms with Crippen LogP contribution < -0.4 is 0 Å². The summed E-state index contributed by atoms with van der Waals surface area (Å²) in [6, 6.07) is 0. The van der Waals surface area contributed by atoms with Gasteiger partial charge in [0, 0.05) is 25.7 Å². The Labute approximate surface area is 696 Å². The molecule has 0 bridgehead atoms. The van der Waals surface area contributed by atoms with Crippen LogP contribution in [0.1, 0.15) is 516 Å². The molecule has 0 spiro atoms. The van der Waals surface area contributed by atoms with Crippen LogP contribution in [-0.4, -0.2) is 96.7 Å². The molecule has 0 aliphatic rings. The Balaban J connectivity index is 5.20. The first-order valence-corrected chi connectivity index (χ1v) is 51.6. The highest BCUT2D eigenvalue weighted by atomic mass is 31.2. The van der Waals surface area contributed by atoms with Gasteiger partial charge >= 0.3 is 39.5 Å². The minimum Gasteiger partial charge on any atom is -0.462 e. The average Bonchev–Trinajstić information content (AvgIpc) is 0.903. The van der Waals surface area contributed by atoms with Gasteiger partial charge in [-0.1, -0.05) is 465 Å². The molecule has 0 aromatic carbocycles. The van der Waals surface area contributed by atoms with Gasteiger partial charge in [-0.2, -0.15) is 0 Å². The molecule has 0 rings (SSSR count). The molecule has 0 fully saturated rings. The maximum Gasteiger partial charge on any atom is 0.472 e. The Kier molecular flexibility index (Phi) is 85.0. The van der Waals surface area contributed by atoms with Crippen molar-refractivity contribution in [1.29, 1.82) is 0 Å². The molecule has 113 heavy (non-hydrogen) atoms. The van der Waals surface area contributed by atoms with Crippen molar-refractivity contribution < 1.29 is 80.2 Å². The van der Waals surface area contributed by atoms with Gasteiger partial charge in [0.15, 0.2) is 12.2 Å². The first-order valence-electron chi connectivity index (χ1n) is 48.6. The number of unbranched alkanes of at least 4 members (excludes halogenated alkanes) is 66. The van der Waals surface area contributed by atoms with Gasteiger partial charge in [-0.05, 0) is 31.6 Å². The molecule has 0 saturated carbocycles. The number of rotatable bonds is 94. The van der Waals surface area contributed by atoms with E-state index < -0.39 is 97.5 Å². The summed E-state index contributed by atoms with van der Waals surface area (Å²) in [5.41, 5.74) is 0. The Morgan fingerprint density at radius 3 is 0.602 bits per heavy atom. The molecule has 0 saturated heterocycles. The summed E-state index contributed by atoms with van der Waals surface area (Å²) in [6.07, 6.45) is 83.8. The van der Waals surface area contributed by atoms with Crippen molar-refractivity contribution in [3.8, 4) is 0 Å². The van der Waals surface area contributed by atoms with Gasteiger partial charge < -0.3 is 33.8 Å². The van der Waals surface area contributed by atoms with E-state index in [2.05, 4.69) is 34.6 Å². The lowest BCUT2D eigenvalue weighted by Gasteiger charge is -2.21. The molecule has 0 aromatic heterocycles. The molecule has 0 aliphatic carbocycles. The number of carbonyl (C=O) groups is 4. The molecule has 0 amide bonds. The topological polar surface area (TPSA) is 237 Å². The summed E-state index contributed by atoms with van der Waals surface area (Å²) in [6.45, 7) is 7.35. The van der Waals surface area contributed by atoms with E-state index in [1.54, 1.807) is 0 Å². The number of phosphoric ester groups is 2. The van der Waals surface area contributed by atoms with Crippen molar-refractivity contribution >= 4 is 39.5 Å². The molecule has 0 heterocycles. The second-order valence-electron chi connectivity index (χ2n) is 34.2. The summed E-state index contributed by atoms with van der Waals surface area (Å²) >= 11 is 0. The number of ether oxygens (including phenoxy) is 4. The number of hydrogen-bond acceptors (Lipinski definition) is 15. The number of hydrogen-bond donors (Lipinski definition) is 3. The van der Waals surface area contributed by atoms with E-state index >= 15 is 0 Å². The highest BCUT2D eigenvalue weighted by Gasteiger charge is 2.31. The molecule has 17 nitrogen and oxygen atoms in total. The molecule has 19 heteroatoms. The predicted molar refractivity (Wildman–Crippen MR) is 469 cm³/mol. The molecule has 0 aromatic rings. The van der Waals surface area contributed by atoms with Crippen LogP contribution >= 0.6 is 15.6 Å². The van der Waals surface area contributed by atoms with Crippen LogP contribution in [0.25, 0.3) is 0 Å². The number of esters is 4. The molecule has 672 valence electrons. The van der Waals surface area contributed by atoms with Crippen molar-refractivity contribution in [2.45, 2.75) is 534 Å². The largest absolute Gasteiger partial charge is 0.472 e. The molecule has 0 aliphatic heterocycles. The zero-order chi connectivity index (χ0) is 82.6. The molecular weight excluding hydrogens is 1460 g/mol. The van der Waals surface area contributed by atoms with Crippen molar-refractivity contribution in [2.24, 2.45) is 5.92 Å². The van der Waals surface area contributed by atoms with Crippen LogP contribution in [0.3, 0.4) is 0 Å². The van der Waals surface area contributed by atoms with Crippen LogP contribution in [0.5, 0.6) is 0 Å². The van der Waals surface area contributed by atoms with Gasteiger partial charge in [0.1, 0.15) is 19.3 Å². The Bertz CT molecular complexity index is 2140. The Morgan fingerprint density at radius 1 is 0.239 bits per heavy atom. The quantitative estimate of drug-likeness (QED) is 0.0222. The molecule has 0 radical (unpaired) electrons. The number of phosphoric acid groups is 2. The van der Waals surface area contributed by atoms with E-state index in [4.69, 9.17) is 37.0 Å². The van der Waals surface area contributed by atoms with Crippen molar-refractivity contribution in [3.63, 3.8) is 0 Å². The average molecular weight is 1650 g/mol. The van der Waals surface area contributed by atoms with Crippen LogP contribution in [-0.2, 0) is 65.4 Å². The van der Waals surface area contributed by atoms with E-state index in [0.29, 0.717) is 31.6 Å². The maximum absolute atomic E-state index is 13.2. The monoisotopic (exact) mass is 1650 g/mol. The molecule has 5 atom stereocenters. The van der Waals surface area contributed by atoms with Crippen LogP contribution in [0.2, 0.25) is 0 Å². The lowest BCUT2D eigenvalue weighted by Crippen LogP contribution is -2.30. The third-order valence-electron chi connectivity index (χ3n) is 22.3. The lowest BCUT2D eigenvalue weighted by atomic mass is 10.0. The first-order chi connectivity index (χ1) is 55.0. The molecule has 2 unspecified atom stereocenters. The SMILES string of the molecule is CCCCCCCCCCCCCCCCCCCCCCCC(=O)OC[C@H](COP(=O)(O)OC[C@@H](O)COP(=O)(O)OC[C@@H](COC(=O)CCCCCCCCCC(C)C)OC(=O)CCCCCCCCCCCCCCCCCCCCCCC)OC(=O)CCCCCCCCCCCCCCCCCCCCCCC. The summed E-state index contributed by atoms with van der Waals surface area (Å²) in [4.78, 5) is 73.5. The van der Waals surface area contributed by atoms with Gasteiger partial charge in [-0.15, -0.1) is 0 Å². The van der Waals surface area contributed by atoms with Crippen LogP contribution in [0.4, 0.5) is 0 Å². The highest BCUT2D eigenvalue weighted by molar-refractivity contribution is 7.47. The summed E-state index contributed by atoms with van der Waals surface area (Å²) < 4.78 is 69.1. The van der Waals surface area contributed by atoms with E-state index in [1.807, 2.05) is 0 Å². The van der Waals surface area contributed by atoms with E-state index in [0.717, 1.165) is 96.3 Å². The zero-order valence-electron chi connectivity index (χ0n) is 74.5. The van der Waals surface area contributed by atoms with Crippen molar-refractivity contribution in [3.05, 3.63) is 0 Å². The third kappa shape index (κ3) is 87.7. The van der Waals surface area contributed by atoms with Gasteiger partial charge in [0.2, 0.25) is 0 Å². The standard InChI is InChI=1S/C94H184O17P2/c1-6-9-12-15-18-21-24-27-30-33-36-39-42-45-48-51-54-57-62-67-72-77-91(96)104-83-89(110-93(98)79-74-69-63-58-55-52-49-46-43-40-37-34-31-28-25-22-19-16-13-10-7-2)85-108-112(100,101)106-81-88(95)82-107-113(102,103)109-86-90(84-105-92(97)78-73-68-65-60-61-66-71-76-87(4)5)111-94(99)80-75-70-64-59-56-53-50-47-44-41-38-35-32-29-26-23-20-17-14-11-8-3/h87-90,95H,6-86H2,1-5H3,(H,100,101)(H,102,103)/t88-,89-,90-/m1/s1. The molecule has 3 N–H and O–H groups in total. The van der Waals surface area contributed by atoms with Crippen molar-refractivity contribution in [1.82, 2.24) is 0 Å². The fraction of sp³-hybridized carbons (Fsp3) is 0.957. The van der Waals surface area contributed by atoms with Gasteiger partial charge in [-0.25, -0.2) is 9.13 Å². The van der Waals surface area contributed by atoms with E-state index in [-0.39, 0.29) is 25.7 Å². The van der Waals surface area contributed by atoms with Gasteiger partial charge in [-0.3, -0.25) is 37.3 Å². The van der Waals surface area contributed by atoms with E-state index in [1.165, 1.54) is 334 Å². The molecular formula is C94H184O17P2. The van der Waals surface area contributed by atoms with Gasteiger partial charge in [0.25, 0.3) is 0 Å². The maximum atomic E-state index is 13.2. The fourth-order valence-electron chi connectivity index (χ4n) is 14.9. The number of aliphatic hydroxyl groups is 1. The number of aliphatic hydroxyl groups excluding tert-OH is 1. The highest BCUT2D eigenvalue weighted by Crippen LogP contribution is 2.45. The van der Waals surface area contributed by atoms with Gasteiger partial charge in [0.05, 0.1) is 26.4 Å². The summed E-state index contributed by atoms with van der Waals surface area (Å²) in [5, 5.41) is 10.7. The normalized spacial score (nSPS) is 13.6. The smallest absolute Gasteiger partial charge is 0.462 e. The second kappa shape index (κ2) is 86.4. The predicted octanol–water partition coefficient (Wildman–Crippen LogP) is 29.5. The Morgan fingerprint density at radius 2 is 0.407 bits per heavy atom. The van der Waals surface area contributed by atoms with Crippen LogP contribution in [0, 0.1) is 5.92 Å². The summed E-state index contributed by atoms with van der Waals surface area (Å²) in [5.74, 6) is -1.39. The summed E-state index contributed by atoms with van der Waals surface area (Å²) in [7, 11) is -9.94. The lowest BCUT2D eigenvalue weighted by molar-refractivity contribution is -0.161.